The Hall–Kier alpha value is -3.32. The van der Waals surface area contributed by atoms with Crippen LogP contribution in [0.3, 0.4) is 0 Å². The number of halogens is 3. The lowest BCUT2D eigenvalue weighted by atomic mass is 9.93. The predicted octanol–water partition coefficient (Wildman–Crippen LogP) is 2.47. The molecule has 38 heavy (non-hydrogen) atoms. The van der Waals surface area contributed by atoms with E-state index >= 15 is 0 Å². The highest BCUT2D eigenvalue weighted by molar-refractivity contribution is 7.99. The number of aliphatic hydroxyl groups excluding tert-OH is 1. The van der Waals surface area contributed by atoms with Gasteiger partial charge in [0.05, 0.1) is 5.56 Å². The monoisotopic (exact) mass is 550 g/mol. The molecule has 0 radical (unpaired) electrons. The van der Waals surface area contributed by atoms with Gasteiger partial charge in [-0.05, 0) is 31.2 Å². The molecule has 0 saturated carbocycles. The van der Waals surface area contributed by atoms with Gasteiger partial charge in [0.15, 0.2) is 33.6 Å². The standard InChI is InChI=1S/C23H25F3N8O3S/c24-23(25,26)18(28)21(35)33-4-1-12(2-5-33)3-6-34-20-17(19(29)30-10-31-20)32-22(34)38-16-8-15-14(36-11-37-15)7-13(16)9-27/h7-8,10,12,18,21,35H,1-6,11,28H2,(H2,29,30,31). The summed E-state index contributed by atoms with van der Waals surface area (Å²) in [5, 5.41) is 20.3. The number of nitrogens with zero attached hydrogens (tertiary/aromatic N) is 6. The van der Waals surface area contributed by atoms with Crippen molar-refractivity contribution < 1.29 is 27.8 Å². The zero-order chi connectivity index (χ0) is 27.0. The van der Waals surface area contributed by atoms with Crippen molar-refractivity contribution >= 4 is 28.7 Å². The van der Waals surface area contributed by atoms with Crippen molar-refractivity contribution in [3.63, 3.8) is 0 Å². The van der Waals surface area contributed by atoms with Crippen LogP contribution in [0.5, 0.6) is 11.5 Å². The van der Waals surface area contributed by atoms with Gasteiger partial charge in [-0.2, -0.15) is 18.4 Å². The lowest BCUT2D eigenvalue weighted by Gasteiger charge is -2.37. The number of nitrogen functional groups attached to an aromatic ring is 1. The second-order valence-electron chi connectivity index (χ2n) is 9.14. The molecule has 0 spiro atoms. The van der Waals surface area contributed by atoms with Gasteiger partial charge in [0, 0.05) is 30.6 Å². The number of hydrogen-bond acceptors (Lipinski definition) is 11. The first-order valence-electron chi connectivity index (χ1n) is 11.9. The van der Waals surface area contributed by atoms with Crippen LogP contribution in [0.25, 0.3) is 11.2 Å². The number of benzene rings is 1. The third kappa shape index (κ3) is 5.17. The summed E-state index contributed by atoms with van der Waals surface area (Å²) in [6.07, 6.45) is -3.17. The molecule has 2 unspecified atom stereocenters. The van der Waals surface area contributed by atoms with E-state index in [4.69, 9.17) is 20.9 Å². The number of rotatable bonds is 7. The quantitative estimate of drug-likeness (QED) is 0.396. The van der Waals surface area contributed by atoms with Crippen molar-refractivity contribution in [3.05, 3.63) is 24.0 Å². The van der Waals surface area contributed by atoms with Crippen LogP contribution in [0, 0.1) is 17.2 Å². The van der Waals surface area contributed by atoms with Crippen molar-refractivity contribution in [1.29, 1.82) is 5.26 Å². The lowest BCUT2D eigenvalue weighted by molar-refractivity contribution is -0.192. The minimum Gasteiger partial charge on any atom is -0.454 e. The van der Waals surface area contributed by atoms with Gasteiger partial charge < -0.3 is 30.6 Å². The number of likely N-dealkylation sites (tertiary alicyclic amines) is 1. The van der Waals surface area contributed by atoms with Crippen molar-refractivity contribution in [2.24, 2.45) is 11.7 Å². The Bertz CT molecular complexity index is 1370. The topological polar surface area (TPSA) is 161 Å². The molecule has 0 aliphatic carbocycles. The van der Waals surface area contributed by atoms with Crippen LogP contribution in [-0.4, -0.2) is 67.9 Å². The molecule has 2 atom stereocenters. The number of hydrogen-bond donors (Lipinski definition) is 3. The molecule has 1 fully saturated rings. The van der Waals surface area contributed by atoms with Gasteiger partial charge in [-0.1, -0.05) is 11.8 Å². The Morgan fingerprint density at radius 3 is 2.61 bits per heavy atom. The molecule has 0 amide bonds. The summed E-state index contributed by atoms with van der Waals surface area (Å²) in [4.78, 5) is 15.1. The van der Waals surface area contributed by atoms with E-state index in [-0.39, 0.29) is 18.5 Å². The van der Waals surface area contributed by atoms with E-state index in [2.05, 4.69) is 21.0 Å². The van der Waals surface area contributed by atoms with Crippen LogP contribution in [0.4, 0.5) is 19.0 Å². The molecule has 4 heterocycles. The van der Waals surface area contributed by atoms with Crippen molar-refractivity contribution in [2.45, 2.75) is 54.3 Å². The zero-order valence-corrected chi connectivity index (χ0v) is 20.9. The molecule has 3 aromatic rings. The summed E-state index contributed by atoms with van der Waals surface area (Å²) in [5.41, 5.74) is 12.6. The highest BCUT2D eigenvalue weighted by atomic mass is 32.2. The highest BCUT2D eigenvalue weighted by Gasteiger charge is 2.44. The van der Waals surface area contributed by atoms with Crippen LogP contribution < -0.4 is 20.9 Å². The fourth-order valence-electron chi connectivity index (χ4n) is 4.62. The van der Waals surface area contributed by atoms with Crippen LogP contribution in [0.2, 0.25) is 0 Å². The van der Waals surface area contributed by atoms with Crippen LogP contribution >= 0.6 is 11.8 Å². The molecule has 5 N–H and O–H groups in total. The van der Waals surface area contributed by atoms with Gasteiger partial charge in [-0.25, -0.2) is 15.0 Å². The summed E-state index contributed by atoms with van der Waals surface area (Å²) in [5.74, 6) is 1.47. The highest BCUT2D eigenvalue weighted by Crippen LogP contribution is 2.41. The predicted molar refractivity (Wildman–Crippen MR) is 130 cm³/mol. The smallest absolute Gasteiger partial charge is 0.407 e. The Morgan fingerprint density at radius 1 is 1.21 bits per heavy atom. The Kier molecular flexibility index (Phi) is 7.23. The minimum absolute atomic E-state index is 0.0803. The van der Waals surface area contributed by atoms with E-state index in [1.807, 2.05) is 4.57 Å². The number of aliphatic hydroxyl groups is 1. The number of alkyl halides is 3. The number of ether oxygens (including phenoxy) is 2. The summed E-state index contributed by atoms with van der Waals surface area (Å²) in [6, 6.07) is 3.22. The van der Waals surface area contributed by atoms with E-state index in [1.54, 1.807) is 12.1 Å². The molecule has 0 bridgehead atoms. The number of imidazole rings is 1. The largest absolute Gasteiger partial charge is 0.454 e. The van der Waals surface area contributed by atoms with Gasteiger partial charge >= 0.3 is 6.18 Å². The van der Waals surface area contributed by atoms with Crippen LogP contribution in [0.1, 0.15) is 24.8 Å². The van der Waals surface area contributed by atoms with Crippen molar-refractivity contribution in [2.75, 3.05) is 25.6 Å². The third-order valence-electron chi connectivity index (χ3n) is 6.81. The van der Waals surface area contributed by atoms with E-state index < -0.39 is 18.4 Å². The maximum absolute atomic E-state index is 12.9. The second kappa shape index (κ2) is 10.4. The first-order chi connectivity index (χ1) is 18.2. The summed E-state index contributed by atoms with van der Waals surface area (Å²) >= 11 is 1.27. The lowest BCUT2D eigenvalue weighted by Crippen LogP contribution is -2.56. The second-order valence-corrected chi connectivity index (χ2v) is 10.2. The first kappa shape index (κ1) is 26.3. The summed E-state index contributed by atoms with van der Waals surface area (Å²) in [7, 11) is 0. The van der Waals surface area contributed by atoms with Crippen molar-refractivity contribution in [1.82, 2.24) is 24.4 Å². The number of piperidine rings is 1. The fraction of sp³-hybridized carbons (Fsp3) is 0.478. The molecule has 15 heteroatoms. The molecule has 2 aliphatic heterocycles. The number of aryl methyl sites for hydroxylation is 1. The molecule has 2 aliphatic rings. The fourth-order valence-corrected chi connectivity index (χ4v) is 5.62. The molecular weight excluding hydrogens is 525 g/mol. The molecule has 11 nitrogen and oxygen atoms in total. The molecule has 1 saturated heterocycles. The van der Waals surface area contributed by atoms with Gasteiger partial charge in [-0.15, -0.1) is 0 Å². The maximum Gasteiger partial charge on any atom is 0.407 e. The van der Waals surface area contributed by atoms with E-state index in [9.17, 15) is 23.5 Å². The zero-order valence-electron chi connectivity index (χ0n) is 20.1. The average Bonchev–Trinajstić information content (AvgIpc) is 3.50. The van der Waals surface area contributed by atoms with E-state index in [0.29, 0.717) is 77.2 Å². The first-order valence-corrected chi connectivity index (χ1v) is 12.7. The Morgan fingerprint density at radius 2 is 1.92 bits per heavy atom. The maximum atomic E-state index is 12.9. The molecular formula is C23H25F3N8O3S. The van der Waals surface area contributed by atoms with Crippen molar-refractivity contribution in [3.8, 4) is 17.6 Å². The normalized spacial score (nSPS) is 18.0. The minimum atomic E-state index is -4.67. The summed E-state index contributed by atoms with van der Waals surface area (Å²) < 4.78 is 51.4. The van der Waals surface area contributed by atoms with Gasteiger partial charge in [-0.3, -0.25) is 4.90 Å². The average molecular weight is 551 g/mol. The SMILES string of the molecule is N#Cc1cc2c(cc1Sc1nc3c(N)ncnc3n1CCC1CCN(C(O)C(N)C(F)(F)F)CC1)OCO2. The molecule has 202 valence electrons. The van der Waals surface area contributed by atoms with Crippen LogP contribution in [0.15, 0.2) is 28.5 Å². The van der Waals surface area contributed by atoms with Crippen LogP contribution in [-0.2, 0) is 6.54 Å². The number of nitrogens with two attached hydrogens (primary N) is 2. The molecule has 2 aromatic heterocycles. The molecule has 5 rings (SSSR count). The van der Waals surface area contributed by atoms with Gasteiger partial charge in [0.25, 0.3) is 0 Å². The molecule has 1 aromatic carbocycles. The number of nitriles is 1. The third-order valence-corrected chi connectivity index (χ3v) is 7.86. The number of aromatic nitrogens is 4. The van der Waals surface area contributed by atoms with Gasteiger partial charge in [0.1, 0.15) is 24.7 Å². The number of anilines is 1. The van der Waals surface area contributed by atoms with E-state index in [0.717, 1.165) is 0 Å². The van der Waals surface area contributed by atoms with Gasteiger partial charge in [0.2, 0.25) is 6.79 Å². The summed E-state index contributed by atoms with van der Waals surface area (Å²) in [6.45, 7) is 1.20. The Balaban J connectivity index is 1.33. The Labute approximate surface area is 219 Å². The number of fused-ring (bicyclic) bond motifs is 2. The van der Waals surface area contributed by atoms with E-state index in [1.165, 1.54) is 23.0 Å².